The Hall–Kier alpha value is -0.0800. The fraction of sp³-hybridized carbons (Fsp3) is 1.00. The van der Waals surface area contributed by atoms with E-state index in [1.54, 1.807) is 0 Å². The van der Waals surface area contributed by atoms with Crippen molar-refractivity contribution in [1.29, 1.82) is 0 Å². The summed E-state index contributed by atoms with van der Waals surface area (Å²) in [5, 5.41) is 3.65. The zero-order valence-electron chi connectivity index (χ0n) is 11.8. The fourth-order valence-corrected chi connectivity index (χ4v) is 2.35. The van der Waals surface area contributed by atoms with Gasteiger partial charge >= 0.3 is 0 Å². The standard InChI is InChI=1S/C14H30N2/c1-6-14(4,5)15-9-10-16-11-12(2)7-8-13(16)3/h12-13,15H,6-11H2,1-5H3. The van der Waals surface area contributed by atoms with Crippen molar-refractivity contribution in [2.24, 2.45) is 5.92 Å². The minimum absolute atomic E-state index is 0.296. The third-order valence-corrected chi connectivity index (χ3v) is 4.13. The van der Waals surface area contributed by atoms with Crippen LogP contribution in [0.25, 0.3) is 0 Å². The lowest BCUT2D eigenvalue weighted by molar-refractivity contribution is 0.122. The summed E-state index contributed by atoms with van der Waals surface area (Å²) in [6.07, 6.45) is 3.98. The van der Waals surface area contributed by atoms with Crippen LogP contribution in [0.4, 0.5) is 0 Å². The number of nitrogens with zero attached hydrogens (tertiary/aromatic N) is 1. The molecule has 2 heteroatoms. The molecule has 0 radical (unpaired) electrons. The van der Waals surface area contributed by atoms with Gasteiger partial charge < -0.3 is 5.32 Å². The molecule has 2 atom stereocenters. The van der Waals surface area contributed by atoms with Gasteiger partial charge in [-0.15, -0.1) is 0 Å². The van der Waals surface area contributed by atoms with Gasteiger partial charge in [-0.05, 0) is 46.0 Å². The lowest BCUT2D eigenvalue weighted by atomic mass is 9.95. The average molecular weight is 226 g/mol. The van der Waals surface area contributed by atoms with Crippen LogP contribution in [0, 0.1) is 5.92 Å². The Bertz CT molecular complexity index is 201. The fourth-order valence-electron chi connectivity index (χ4n) is 2.35. The molecule has 1 aliphatic heterocycles. The molecule has 0 aromatic carbocycles. The van der Waals surface area contributed by atoms with Crippen molar-refractivity contribution in [1.82, 2.24) is 10.2 Å². The van der Waals surface area contributed by atoms with E-state index in [9.17, 15) is 0 Å². The monoisotopic (exact) mass is 226 g/mol. The molecule has 0 aliphatic carbocycles. The summed E-state index contributed by atoms with van der Waals surface area (Å²) in [4.78, 5) is 2.65. The van der Waals surface area contributed by atoms with Gasteiger partial charge in [0, 0.05) is 31.2 Å². The molecule has 96 valence electrons. The van der Waals surface area contributed by atoms with Gasteiger partial charge in [-0.3, -0.25) is 4.90 Å². The highest BCUT2D eigenvalue weighted by Crippen LogP contribution is 2.20. The van der Waals surface area contributed by atoms with Gasteiger partial charge in [0.05, 0.1) is 0 Å². The third kappa shape index (κ3) is 4.42. The van der Waals surface area contributed by atoms with Crippen molar-refractivity contribution in [2.75, 3.05) is 19.6 Å². The summed E-state index contributed by atoms with van der Waals surface area (Å²) in [6.45, 7) is 15.2. The maximum absolute atomic E-state index is 3.65. The van der Waals surface area contributed by atoms with Crippen LogP contribution in [0.2, 0.25) is 0 Å². The summed E-state index contributed by atoms with van der Waals surface area (Å²) in [6, 6.07) is 0.780. The molecule has 0 bridgehead atoms. The molecule has 16 heavy (non-hydrogen) atoms. The minimum Gasteiger partial charge on any atom is -0.311 e. The Morgan fingerprint density at radius 1 is 1.25 bits per heavy atom. The Morgan fingerprint density at radius 3 is 2.56 bits per heavy atom. The number of rotatable bonds is 5. The molecular weight excluding hydrogens is 196 g/mol. The van der Waals surface area contributed by atoms with E-state index in [-0.39, 0.29) is 0 Å². The molecule has 1 N–H and O–H groups in total. The van der Waals surface area contributed by atoms with E-state index in [1.165, 1.54) is 32.4 Å². The van der Waals surface area contributed by atoms with E-state index in [2.05, 4.69) is 44.8 Å². The zero-order valence-corrected chi connectivity index (χ0v) is 11.8. The lowest BCUT2D eigenvalue weighted by Gasteiger charge is -2.37. The highest BCUT2D eigenvalue weighted by atomic mass is 15.2. The smallest absolute Gasteiger partial charge is 0.0123 e. The van der Waals surface area contributed by atoms with Crippen molar-refractivity contribution < 1.29 is 0 Å². The Kier molecular flexibility index (Phi) is 5.26. The average Bonchev–Trinajstić information content (AvgIpc) is 2.23. The number of nitrogens with one attached hydrogen (secondary N) is 1. The maximum atomic E-state index is 3.65. The molecule has 0 saturated carbocycles. The summed E-state index contributed by atoms with van der Waals surface area (Å²) >= 11 is 0. The van der Waals surface area contributed by atoms with Crippen molar-refractivity contribution in [3.63, 3.8) is 0 Å². The second-order valence-corrected chi connectivity index (χ2v) is 6.19. The molecule has 1 fully saturated rings. The quantitative estimate of drug-likeness (QED) is 0.775. The van der Waals surface area contributed by atoms with E-state index < -0.39 is 0 Å². The van der Waals surface area contributed by atoms with Crippen LogP contribution in [-0.2, 0) is 0 Å². The molecule has 1 heterocycles. The van der Waals surface area contributed by atoms with Crippen LogP contribution in [0.15, 0.2) is 0 Å². The molecule has 0 aromatic rings. The van der Waals surface area contributed by atoms with Gasteiger partial charge in [0.1, 0.15) is 0 Å². The Morgan fingerprint density at radius 2 is 1.94 bits per heavy atom. The topological polar surface area (TPSA) is 15.3 Å². The maximum Gasteiger partial charge on any atom is 0.0123 e. The van der Waals surface area contributed by atoms with Crippen LogP contribution in [0.5, 0.6) is 0 Å². The summed E-state index contributed by atoms with van der Waals surface area (Å²) in [5.41, 5.74) is 0.296. The van der Waals surface area contributed by atoms with Crippen molar-refractivity contribution in [3.05, 3.63) is 0 Å². The first-order valence-electron chi connectivity index (χ1n) is 6.93. The van der Waals surface area contributed by atoms with E-state index in [1.807, 2.05) is 0 Å². The van der Waals surface area contributed by atoms with E-state index in [0.717, 1.165) is 18.5 Å². The first kappa shape index (κ1) is 14.0. The van der Waals surface area contributed by atoms with Crippen LogP contribution >= 0.6 is 0 Å². The molecule has 0 amide bonds. The number of piperidine rings is 1. The molecule has 2 unspecified atom stereocenters. The van der Waals surface area contributed by atoms with Crippen LogP contribution < -0.4 is 5.32 Å². The van der Waals surface area contributed by atoms with Crippen LogP contribution in [0.1, 0.15) is 53.9 Å². The Labute approximate surface area is 102 Å². The molecule has 1 rings (SSSR count). The molecule has 0 aromatic heterocycles. The third-order valence-electron chi connectivity index (χ3n) is 4.13. The highest BCUT2D eigenvalue weighted by molar-refractivity contribution is 4.80. The molecular formula is C14H30N2. The molecule has 2 nitrogen and oxygen atoms in total. The van der Waals surface area contributed by atoms with Gasteiger partial charge in [-0.1, -0.05) is 13.8 Å². The molecule has 1 saturated heterocycles. The molecule has 0 spiro atoms. The van der Waals surface area contributed by atoms with E-state index in [0.29, 0.717) is 5.54 Å². The Balaban J connectivity index is 2.26. The second-order valence-electron chi connectivity index (χ2n) is 6.19. The van der Waals surface area contributed by atoms with E-state index in [4.69, 9.17) is 0 Å². The van der Waals surface area contributed by atoms with Crippen LogP contribution in [-0.4, -0.2) is 36.1 Å². The van der Waals surface area contributed by atoms with Gasteiger partial charge in [-0.2, -0.15) is 0 Å². The largest absolute Gasteiger partial charge is 0.311 e. The summed E-state index contributed by atoms with van der Waals surface area (Å²) in [7, 11) is 0. The molecule has 1 aliphatic rings. The lowest BCUT2D eigenvalue weighted by Crippen LogP contribution is -2.47. The van der Waals surface area contributed by atoms with Gasteiger partial charge in [0.15, 0.2) is 0 Å². The first-order chi connectivity index (χ1) is 7.44. The predicted molar refractivity (Wildman–Crippen MR) is 71.8 cm³/mol. The number of likely N-dealkylation sites (tertiary alicyclic amines) is 1. The predicted octanol–water partition coefficient (Wildman–Crippen LogP) is 2.89. The van der Waals surface area contributed by atoms with Crippen molar-refractivity contribution in [3.8, 4) is 0 Å². The normalized spacial score (nSPS) is 28.3. The SMILES string of the molecule is CCC(C)(C)NCCN1CC(C)CCC1C. The van der Waals surface area contributed by atoms with Gasteiger partial charge in [-0.25, -0.2) is 0 Å². The van der Waals surface area contributed by atoms with E-state index >= 15 is 0 Å². The number of hydrogen-bond acceptors (Lipinski definition) is 2. The van der Waals surface area contributed by atoms with Crippen molar-refractivity contribution in [2.45, 2.75) is 65.5 Å². The minimum atomic E-state index is 0.296. The summed E-state index contributed by atoms with van der Waals surface area (Å²) < 4.78 is 0. The van der Waals surface area contributed by atoms with Gasteiger partial charge in [0.25, 0.3) is 0 Å². The van der Waals surface area contributed by atoms with Crippen LogP contribution in [0.3, 0.4) is 0 Å². The van der Waals surface area contributed by atoms with Gasteiger partial charge in [0.2, 0.25) is 0 Å². The van der Waals surface area contributed by atoms with Crippen molar-refractivity contribution >= 4 is 0 Å². The first-order valence-corrected chi connectivity index (χ1v) is 6.93. The zero-order chi connectivity index (χ0) is 12.2. The number of hydrogen-bond donors (Lipinski definition) is 1. The highest BCUT2D eigenvalue weighted by Gasteiger charge is 2.22. The summed E-state index contributed by atoms with van der Waals surface area (Å²) in [5.74, 6) is 0.885. The second kappa shape index (κ2) is 6.02.